The van der Waals surface area contributed by atoms with Crippen LogP contribution in [0.15, 0.2) is 36.9 Å². The Morgan fingerprint density at radius 2 is 2.11 bits per heavy atom. The van der Waals surface area contributed by atoms with Crippen LogP contribution in [-0.2, 0) is 6.54 Å². The smallest absolute Gasteiger partial charge is 0.0827 e. The number of aliphatic hydroxyl groups excluding tert-OH is 1. The maximum atomic E-state index is 10.00. The minimum absolute atomic E-state index is 0.237. The van der Waals surface area contributed by atoms with E-state index >= 15 is 0 Å². The van der Waals surface area contributed by atoms with Crippen LogP contribution >= 0.6 is 0 Å². The number of hydrogen-bond acceptors (Lipinski definition) is 2. The van der Waals surface area contributed by atoms with Gasteiger partial charge in [-0.2, -0.15) is 0 Å². The Labute approximate surface area is 108 Å². The van der Waals surface area contributed by atoms with Gasteiger partial charge in [-0.05, 0) is 35.6 Å². The van der Waals surface area contributed by atoms with E-state index < -0.39 is 0 Å². The Kier molecular flexibility index (Phi) is 3.82. The van der Waals surface area contributed by atoms with Crippen LogP contribution < -0.4 is 0 Å². The summed E-state index contributed by atoms with van der Waals surface area (Å²) in [6, 6.07) is 4.11. The molecule has 0 saturated carbocycles. The molecule has 0 aliphatic carbocycles. The molecule has 3 heteroatoms. The Hall–Kier alpha value is -1.61. The molecule has 0 aliphatic heterocycles. The third-order valence-corrected chi connectivity index (χ3v) is 3.04. The average molecular weight is 244 g/mol. The number of aromatic nitrogens is 2. The number of hydrogen-bond donors (Lipinski definition) is 1. The summed E-state index contributed by atoms with van der Waals surface area (Å²) < 4.78 is 2.08. The van der Waals surface area contributed by atoms with Gasteiger partial charge in [0.2, 0.25) is 0 Å². The maximum Gasteiger partial charge on any atom is 0.0827 e. The molecule has 0 bridgehead atoms. The summed E-state index contributed by atoms with van der Waals surface area (Å²) in [7, 11) is 0. The highest BCUT2D eigenvalue weighted by Crippen LogP contribution is 2.21. The van der Waals surface area contributed by atoms with Crippen LogP contribution in [-0.4, -0.2) is 14.7 Å². The Balaban J connectivity index is 2.11. The fourth-order valence-electron chi connectivity index (χ4n) is 2.03. The van der Waals surface area contributed by atoms with Crippen molar-refractivity contribution in [3.05, 3.63) is 53.6 Å². The fourth-order valence-corrected chi connectivity index (χ4v) is 2.03. The number of aliphatic hydroxyl groups is 1. The van der Waals surface area contributed by atoms with Crippen molar-refractivity contribution in [2.24, 2.45) is 5.92 Å². The van der Waals surface area contributed by atoms with Crippen LogP contribution in [0.4, 0.5) is 0 Å². The summed E-state index contributed by atoms with van der Waals surface area (Å²) in [5.41, 5.74) is 3.32. The summed E-state index contributed by atoms with van der Waals surface area (Å²) >= 11 is 0. The second-order valence-corrected chi connectivity index (χ2v) is 5.18. The number of rotatable bonds is 4. The van der Waals surface area contributed by atoms with Crippen LogP contribution in [0.3, 0.4) is 0 Å². The lowest BCUT2D eigenvalue weighted by atomic mass is 10.0. The van der Waals surface area contributed by atoms with Crippen molar-refractivity contribution in [3.8, 4) is 0 Å². The van der Waals surface area contributed by atoms with Crippen molar-refractivity contribution in [2.75, 3.05) is 0 Å². The van der Waals surface area contributed by atoms with Gasteiger partial charge in [-0.3, -0.25) is 4.98 Å². The van der Waals surface area contributed by atoms with E-state index in [1.807, 2.05) is 51.6 Å². The zero-order valence-corrected chi connectivity index (χ0v) is 11.2. The van der Waals surface area contributed by atoms with E-state index in [1.165, 1.54) is 11.1 Å². The normalized spacial score (nSPS) is 12.9. The van der Waals surface area contributed by atoms with Crippen molar-refractivity contribution >= 4 is 0 Å². The first kappa shape index (κ1) is 12.8. The van der Waals surface area contributed by atoms with Crippen molar-refractivity contribution in [1.82, 2.24) is 9.55 Å². The van der Waals surface area contributed by atoms with Gasteiger partial charge < -0.3 is 9.67 Å². The lowest BCUT2D eigenvalue weighted by Crippen LogP contribution is -2.04. The first-order chi connectivity index (χ1) is 8.56. The molecule has 96 valence electrons. The third kappa shape index (κ3) is 2.99. The molecular weight excluding hydrogens is 224 g/mol. The van der Waals surface area contributed by atoms with Gasteiger partial charge in [-0.15, -0.1) is 0 Å². The van der Waals surface area contributed by atoms with Gasteiger partial charge in [0.1, 0.15) is 0 Å². The molecule has 0 saturated heterocycles. The second kappa shape index (κ2) is 5.36. The molecule has 1 unspecified atom stereocenters. The van der Waals surface area contributed by atoms with E-state index in [9.17, 15) is 5.11 Å². The predicted octanol–water partition coefficient (Wildman–Crippen LogP) is 2.93. The number of aryl methyl sites for hydroxylation is 1. The minimum atomic E-state index is -0.387. The molecule has 0 aliphatic rings. The lowest BCUT2D eigenvalue weighted by Gasteiger charge is -2.12. The minimum Gasteiger partial charge on any atom is -0.388 e. The molecule has 3 nitrogen and oxygen atoms in total. The van der Waals surface area contributed by atoms with E-state index in [-0.39, 0.29) is 12.0 Å². The molecule has 0 amide bonds. The van der Waals surface area contributed by atoms with Crippen LogP contribution in [0, 0.1) is 12.8 Å². The van der Waals surface area contributed by atoms with Crippen LogP contribution in [0.5, 0.6) is 0 Å². The average Bonchev–Trinajstić information content (AvgIpc) is 2.76. The first-order valence-corrected chi connectivity index (χ1v) is 6.30. The van der Waals surface area contributed by atoms with E-state index in [2.05, 4.69) is 15.6 Å². The molecule has 1 N–H and O–H groups in total. The molecule has 0 radical (unpaired) electrons. The van der Waals surface area contributed by atoms with Gasteiger partial charge in [0.15, 0.2) is 0 Å². The van der Waals surface area contributed by atoms with Crippen molar-refractivity contribution in [3.63, 3.8) is 0 Å². The quantitative estimate of drug-likeness (QED) is 0.898. The van der Waals surface area contributed by atoms with Crippen LogP contribution in [0.1, 0.15) is 36.6 Å². The first-order valence-electron chi connectivity index (χ1n) is 6.30. The third-order valence-electron chi connectivity index (χ3n) is 3.04. The van der Waals surface area contributed by atoms with E-state index in [4.69, 9.17) is 0 Å². The van der Waals surface area contributed by atoms with E-state index in [0.717, 1.165) is 12.1 Å². The zero-order valence-electron chi connectivity index (χ0n) is 11.2. The SMILES string of the molecule is Cc1cncc(Cn2ccc(C(O)C(C)C)c2)c1. The molecule has 0 aromatic carbocycles. The monoisotopic (exact) mass is 244 g/mol. The molecule has 2 rings (SSSR count). The van der Waals surface area contributed by atoms with Crippen molar-refractivity contribution in [2.45, 2.75) is 33.4 Å². The standard InChI is InChI=1S/C15H20N2O/c1-11(2)15(18)14-4-5-17(10-14)9-13-6-12(3)7-16-8-13/h4-8,10-11,15,18H,9H2,1-3H3. The lowest BCUT2D eigenvalue weighted by molar-refractivity contribution is 0.127. The zero-order chi connectivity index (χ0) is 13.1. The van der Waals surface area contributed by atoms with Gasteiger partial charge in [0, 0.05) is 31.3 Å². The fraction of sp³-hybridized carbons (Fsp3) is 0.400. The van der Waals surface area contributed by atoms with Gasteiger partial charge in [-0.1, -0.05) is 19.9 Å². The van der Waals surface area contributed by atoms with E-state index in [1.54, 1.807) is 0 Å². The molecule has 1 atom stereocenters. The summed E-state index contributed by atoms with van der Waals surface area (Å²) in [5.74, 6) is 0.237. The molecule has 0 spiro atoms. The molecule has 0 fully saturated rings. The molecule has 2 aromatic rings. The Bertz CT molecular complexity index is 517. The van der Waals surface area contributed by atoms with Crippen LogP contribution in [0.25, 0.3) is 0 Å². The molecule has 2 heterocycles. The molecule has 18 heavy (non-hydrogen) atoms. The van der Waals surface area contributed by atoms with Crippen LogP contribution in [0.2, 0.25) is 0 Å². The van der Waals surface area contributed by atoms with Gasteiger partial charge in [0.25, 0.3) is 0 Å². The topological polar surface area (TPSA) is 38.0 Å². The van der Waals surface area contributed by atoms with Crippen molar-refractivity contribution in [1.29, 1.82) is 0 Å². The second-order valence-electron chi connectivity index (χ2n) is 5.18. The van der Waals surface area contributed by atoms with Gasteiger partial charge in [0.05, 0.1) is 6.10 Å². The van der Waals surface area contributed by atoms with Crippen molar-refractivity contribution < 1.29 is 5.11 Å². The van der Waals surface area contributed by atoms with Gasteiger partial charge >= 0.3 is 0 Å². The Morgan fingerprint density at radius 1 is 1.33 bits per heavy atom. The summed E-state index contributed by atoms with van der Waals surface area (Å²) in [6.07, 6.45) is 7.36. The Morgan fingerprint density at radius 3 is 2.78 bits per heavy atom. The highest BCUT2D eigenvalue weighted by atomic mass is 16.3. The maximum absolute atomic E-state index is 10.00. The largest absolute Gasteiger partial charge is 0.388 e. The summed E-state index contributed by atoms with van der Waals surface area (Å²) in [6.45, 7) is 6.87. The van der Waals surface area contributed by atoms with Gasteiger partial charge in [-0.25, -0.2) is 0 Å². The number of nitrogens with zero attached hydrogens (tertiary/aromatic N) is 2. The summed E-state index contributed by atoms with van der Waals surface area (Å²) in [5, 5.41) is 10.00. The van der Waals surface area contributed by atoms with E-state index in [0.29, 0.717) is 0 Å². The number of pyridine rings is 1. The molecular formula is C15H20N2O. The molecule has 2 aromatic heterocycles. The predicted molar refractivity (Wildman–Crippen MR) is 72.3 cm³/mol. The highest BCUT2D eigenvalue weighted by molar-refractivity contribution is 5.19. The summed E-state index contributed by atoms with van der Waals surface area (Å²) in [4.78, 5) is 4.19. The highest BCUT2D eigenvalue weighted by Gasteiger charge is 2.12.